The Labute approximate surface area is 118 Å². The molecule has 0 radical (unpaired) electrons. The molecule has 2 nitrogen and oxygen atoms in total. The molecule has 0 aliphatic carbocycles. The SMILES string of the molecule is C[C@@H]1C[C@H](C)CN(C(=O)c2ccc(Cl)cc2Cl)C1. The largest absolute Gasteiger partial charge is 0.338 e. The lowest BCUT2D eigenvalue weighted by Crippen LogP contribution is -2.42. The molecule has 2 atom stereocenters. The van der Waals surface area contributed by atoms with Crippen LogP contribution in [-0.4, -0.2) is 23.9 Å². The normalized spacial score (nSPS) is 24.1. The van der Waals surface area contributed by atoms with Gasteiger partial charge in [-0.25, -0.2) is 0 Å². The van der Waals surface area contributed by atoms with Crippen LogP contribution in [0.25, 0.3) is 0 Å². The summed E-state index contributed by atoms with van der Waals surface area (Å²) in [5.41, 5.74) is 0.544. The van der Waals surface area contributed by atoms with Gasteiger partial charge in [0.2, 0.25) is 0 Å². The zero-order valence-corrected chi connectivity index (χ0v) is 12.1. The van der Waals surface area contributed by atoms with Crippen molar-refractivity contribution < 1.29 is 4.79 Å². The number of carbonyl (C=O) groups excluding carboxylic acids is 1. The van der Waals surface area contributed by atoms with Gasteiger partial charge in [-0.2, -0.15) is 0 Å². The molecule has 1 aliphatic rings. The lowest BCUT2D eigenvalue weighted by molar-refractivity contribution is 0.0623. The first kappa shape index (κ1) is 13.7. The van der Waals surface area contributed by atoms with Crippen LogP contribution in [0.5, 0.6) is 0 Å². The molecule has 2 rings (SSSR count). The summed E-state index contributed by atoms with van der Waals surface area (Å²) in [5, 5.41) is 0.982. The Bertz CT molecular complexity index is 451. The van der Waals surface area contributed by atoms with E-state index in [4.69, 9.17) is 23.2 Å². The predicted octanol–water partition coefficient (Wildman–Crippen LogP) is 4.11. The third-order valence-corrected chi connectivity index (χ3v) is 3.87. The molecule has 18 heavy (non-hydrogen) atoms. The molecule has 1 fully saturated rings. The second-order valence-electron chi connectivity index (χ2n) is 5.28. The number of hydrogen-bond donors (Lipinski definition) is 0. The van der Waals surface area contributed by atoms with Crippen LogP contribution in [0.1, 0.15) is 30.6 Å². The van der Waals surface area contributed by atoms with Crippen molar-refractivity contribution in [2.24, 2.45) is 11.8 Å². The van der Waals surface area contributed by atoms with Gasteiger partial charge in [-0.1, -0.05) is 37.0 Å². The molecule has 1 heterocycles. The van der Waals surface area contributed by atoms with Gasteiger partial charge in [0.05, 0.1) is 10.6 Å². The highest BCUT2D eigenvalue weighted by Crippen LogP contribution is 2.26. The summed E-state index contributed by atoms with van der Waals surface area (Å²) in [5.74, 6) is 1.10. The number of nitrogens with zero attached hydrogens (tertiary/aromatic N) is 1. The fraction of sp³-hybridized carbons (Fsp3) is 0.500. The Morgan fingerprint density at radius 2 is 1.83 bits per heavy atom. The average molecular weight is 286 g/mol. The summed E-state index contributed by atoms with van der Waals surface area (Å²) in [6, 6.07) is 5.03. The van der Waals surface area contributed by atoms with Crippen molar-refractivity contribution in [2.75, 3.05) is 13.1 Å². The molecule has 1 aromatic rings. The smallest absolute Gasteiger partial charge is 0.255 e. The number of piperidine rings is 1. The zero-order valence-electron chi connectivity index (χ0n) is 10.6. The van der Waals surface area contributed by atoms with E-state index in [9.17, 15) is 4.79 Å². The molecule has 0 saturated carbocycles. The van der Waals surface area contributed by atoms with Crippen LogP contribution < -0.4 is 0 Å². The summed E-state index contributed by atoms with van der Waals surface area (Å²) in [4.78, 5) is 14.3. The number of halogens is 2. The highest BCUT2D eigenvalue weighted by molar-refractivity contribution is 6.36. The summed E-state index contributed by atoms with van der Waals surface area (Å²) < 4.78 is 0. The minimum absolute atomic E-state index is 0.00932. The summed E-state index contributed by atoms with van der Waals surface area (Å²) >= 11 is 11.9. The fourth-order valence-corrected chi connectivity index (χ4v) is 3.15. The first-order valence-corrected chi connectivity index (χ1v) is 6.97. The third-order valence-electron chi connectivity index (χ3n) is 3.32. The second kappa shape index (κ2) is 5.50. The number of amides is 1. The predicted molar refractivity (Wildman–Crippen MR) is 75.3 cm³/mol. The first-order valence-electron chi connectivity index (χ1n) is 6.21. The maximum Gasteiger partial charge on any atom is 0.255 e. The third kappa shape index (κ3) is 2.99. The Balaban J connectivity index is 2.20. The minimum Gasteiger partial charge on any atom is -0.338 e. The summed E-state index contributed by atoms with van der Waals surface area (Å²) in [7, 11) is 0. The Morgan fingerprint density at radius 1 is 1.22 bits per heavy atom. The van der Waals surface area contributed by atoms with E-state index in [0.717, 1.165) is 13.1 Å². The van der Waals surface area contributed by atoms with Crippen molar-refractivity contribution >= 4 is 29.1 Å². The van der Waals surface area contributed by atoms with Crippen molar-refractivity contribution in [3.05, 3.63) is 33.8 Å². The monoisotopic (exact) mass is 285 g/mol. The highest BCUT2D eigenvalue weighted by Gasteiger charge is 2.27. The Hall–Kier alpha value is -0.730. The van der Waals surface area contributed by atoms with E-state index in [2.05, 4.69) is 13.8 Å². The van der Waals surface area contributed by atoms with Gasteiger partial charge in [0.15, 0.2) is 0 Å². The number of likely N-dealkylation sites (tertiary alicyclic amines) is 1. The van der Waals surface area contributed by atoms with Gasteiger partial charge in [-0.15, -0.1) is 0 Å². The molecule has 0 unspecified atom stereocenters. The second-order valence-corrected chi connectivity index (χ2v) is 6.12. The van der Waals surface area contributed by atoms with E-state index in [-0.39, 0.29) is 5.91 Å². The molecule has 1 aliphatic heterocycles. The lowest BCUT2D eigenvalue weighted by Gasteiger charge is -2.35. The van der Waals surface area contributed by atoms with Crippen LogP contribution >= 0.6 is 23.2 Å². The van der Waals surface area contributed by atoms with Crippen LogP contribution in [-0.2, 0) is 0 Å². The molecular weight excluding hydrogens is 269 g/mol. The van der Waals surface area contributed by atoms with E-state index in [1.807, 2.05) is 4.90 Å². The van der Waals surface area contributed by atoms with Gasteiger partial charge in [0.1, 0.15) is 0 Å². The van der Waals surface area contributed by atoms with Crippen LogP contribution in [0, 0.1) is 11.8 Å². The fourth-order valence-electron chi connectivity index (χ4n) is 2.66. The van der Waals surface area contributed by atoms with Crippen LogP contribution in [0.4, 0.5) is 0 Å². The molecule has 0 spiro atoms. The maximum absolute atomic E-state index is 12.4. The molecule has 1 amide bonds. The zero-order chi connectivity index (χ0) is 13.3. The number of rotatable bonds is 1. The maximum atomic E-state index is 12.4. The molecule has 1 saturated heterocycles. The van der Waals surface area contributed by atoms with Gasteiger partial charge in [-0.3, -0.25) is 4.79 Å². The topological polar surface area (TPSA) is 20.3 Å². The van der Waals surface area contributed by atoms with Crippen LogP contribution in [0.15, 0.2) is 18.2 Å². The number of hydrogen-bond acceptors (Lipinski definition) is 1. The number of benzene rings is 1. The van der Waals surface area contributed by atoms with Crippen molar-refractivity contribution in [3.63, 3.8) is 0 Å². The molecule has 0 bridgehead atoms. The van der Waals surface area contributed by atoms with E-state index < -0.39 is 0 Å². The van der Waals surface area contributed by atoms with Crippen molar-refractivity contribution in [3.8, 4) is 0 Å². The van der Waals surface area contributed by atoms with Gasteiger partial charge in [0, 0.05) is 18.1 Å². The lowest BCUT2D eigenvalue weighted by atomic mass is 9.91. The van der Waals surface area contributed by atoms with Gasteiger partial charge in [-0.05, 0) is 36.5 Å². The Morgan fingerprint density at radius 3 is 2.39 bits per heavy atom. The van der Waals surface area contributed by atoms with E-state index in [1.54, 1.807) is 18.2 Å². The molecule has 0 aromatic heterocycles. The molecule has 1 aromatic carbocycles. The quantitative estimate of drug-likeness (QED) is 0.760. The summed E-state index contributed by atoms with van der Waals surface area (Å²) in [6.07, 6.45) is 1.18. The van der Waals surface area contributed by atoms with E-state index >= 15 is 0 Å². The Kier molecular flexibility index (Phi) is 4.18. The summed E-state index contributed by atoms with van der Waals surface area (Å²) in [6.45, 7) is 5.98. The van der Waals surface area contributed by atoms with Gasteiger partial charge < -0.3 is 4.90 Å². The number of carbonyl (C=O) groups is 1. The molecule has 0 N–H and O–H groups in total. The minimum atomic E-state index is 0.00932. The molecule has 4 heteroatoms. The van der Waals surface area contributed by atoms with Gasteiger partial charge >= 0.3 is 0 Å². The highest BCUT2D eigenvalue weighted by atomic mass is 35.5. The average Bonchev–Trinajstić information content (AvgIpc) is 2.26. The standard InChI is InChI=1S/C14H17Cl2NO/c1-9-5-10(2)8-17(7-9)14(18)12-4-3-11(15)6-13(12)16/h3-4,6,9-10H,5,7-8H2,1-2H3/t9-,10+. The van der Waals surface area contributed by atoms with Crippen molar-refractivity contribution in [2.45, 2.75) is 20.3 Å². The molecular formula is C14H17Cl2NO. The molecule has 98 valence electrons. The van der Waals surface area contributed by atoms with E-state index in [0.29, 0.717) is 27.4 Å². The van der Waals surface area contributed by atoms with Crippen LogP contribution in [0.2, 0.25) is 10.0 Å². The van der Waals surface area contributed by atoms with Gasteiger partial charge in [0.25, 0.3) is 5.91 Å². The van der Waals surface area contributed by atoms with Crippen LogP contribution in [0.3, 0.4) is 0 Å². The first-order chi connectivity index (χ1) is 8.47. The van der Waals surface area contributed by atoms with E-state index in [1.165, 1.54) is 6.42 Å². The van der Waals surface area contributed by atoms with Crippen molar-refractivity contribution in [1.29, 1.82) is 0 Å². The van der Waals surface area contributed by atoms with Crippen molar-refractivity contribution in [1.82, 2.24) is 4.90 Å².